The second-order valence-electron chi connectivity index (χ2n) is 5.37. The third-order valence-corrected chi connectivity index (χ3v) is 3.51. The Morgan fingerprint density at radius 2 is 1.67 bits per heavy atom. The number of aryl methyl sites for hydroxylation is 2. The lowest BCUT2D eigenvalue weighted by atomic mass is 10.1. The predicted molar refractivity (Wildman–Crippen MR) is 90.1 cm³/mol. The summed E-state index contributed by atoms with van der Waals surface area (Å²) in [5, 5.41) is 3.48. The molecular weight excluding hydrogens is 258 g/mol. The Hall–Kier alpha value is -1.96. The molecular formula is C19H25NO. The van der Waals surface area contributed by atoms with Crippen molar-refractivity contribution in [1.29, 1.82) is 0 Å². The number of anilines is 1. The van der Waals surface area contributed by atoms with Crippen LogP contribution < -0.4 is 10.1 Å². The van der Waals surface area contributed by atoms with Crippen LogP contribution in [0.25, 0.3) is 0 Å². The van der Waals surface area contributed by atoms with Gasteiger partial charge in [0.25, 0.3) is 0 Å². The Bertz CT molecular complexity index is 560. The summed E-state index contributed by atoms with van der Waals surface area (Å²) < 4.78 is 5.83. The van der Waals surface area contributed by atoms with Gasteiger partial charge in [-0.05, 0) is 48.6 Å². The van der Waals surface area contributed by atoms with Gasteiger partial charge in [0.05, 0.1) is 12.3 Å². The highest BCUT2D eigenvalue weighted by atomic mass is 16.5. The van der Waals surface area contributed by atoms with E-state index in [1.165, 1.54) is 16.7 Å². The monoisotopic (exact) mass is 283 g/mol. The van der Waals surface area contributed by atoms with Crippen molar-refractivity contribution in [3.63, 3.8) is 0 Å². The van der Waals surface area contributed by atoms with Crippen LogP contribution in [0, 0.1) is 6.92 Å². The quantitative estimate of drug-likeness (QED) is 0.775. The van der Waals surface area contributed by atoms with Gasteiger partial charge in [0.2, 0.25) is 0 Å². The summed E-state index contributed by atoms with van der Waals surface area (Å²) in [7, 11) is 0. The zero-order valence-corrected chi connectivity index (χ0v) is 13.3. The van der Waals surface area contributed by atoms with Crippen LogP contribution >= 0.6 is 0 Å². The van der Waals surface area contributed by atoms with Crippen molar-refractivity contribution < 1.29 is 4.74 Å². The van der Waals surface area contributed by atoms with Gasteiger partial charge < -0.3 is 10.1 Å². The van der Waals surface area contributed by atoms with E-state index in [2.05, 4.69) is 68.6 Å². The Balaban J connectivity index is 2.04. The number of nitrogens with one attached hydrogen (secondary N) is 1. The first-order valence-corrected chi connectivity index (χ1v) is 7.78. The third-order valence-electron chi connectivity index (χ3n) is 3.51. The first kappa shape index (κ1) is 15.4. The topological polar surface area (TPSA) is 21.3 Å². The van der Waals surface area contributed by atoms with Crippen molar-refractivity contribution in [2.75, 3.05) is 11.9 Å². The molecule has 0 unspecified atom stereocenters. The molecule has 0 atom stereocenters. The fourth-order valence-electron chi connectivity index (χ4n) is 2.20. The zero-order valence-electron chi connectivity index (χ0n) is 13.3. The van der Waals surface area contributed by atoms with E-state index in [9.17, 15) is 0 Å². The highest BCUT2D eigenvalue weighted by Crippen LogP contribution is 2.26. The number of benzene rings is 2. The van der Waals surface area contributed by atoms with Crippen molar-refractivity contribution >= 4 is 5.69 Å². The highest BCUT2D eigenvalue weighted by molar-refractivity contribution is 5.57. The van der Waals surface area contributed by atoms with Gasteiger partial charge in [-0.25, -0.2) is 0 Å². The van der Waals surface area contributed by atoms with Crippen LogP contribution in [0.1, 0.15) is 37.0 Å². The van der Waals surface area contributed by atoms with Gasteiger partial charge in [0.15, 0.2) is 0 Å². The molecule has 0 heterocycles. The van der Waals surface area contributed by atoms with E-state index < -0.39 is 0 Å². The van der Waals surface area contributed by atoms with Crippen molar-refractivity contribution in [1.82, 2.24) is 0 Å². The predicted octanol–water partition coefficient (Wildman–Crippen LogP) is 4.96. The molecule has 0 fully saturated rings. The Morgan fingerprint density at radius 3 is 2.33 bits per heavy atom. The van der Waals surface area contributed by atoms with Crippen LogP contribution in [0.2, 0.25) is 0 Å². The average molecular weight is 283 g/mol. The van der Waals surface area contributed by atoms with Crippen LogP contribution in [0.15, 0.2) is 42.5 Å². The molecule has 0 amide bonds. The molecule has 112 valence electrons. The molecule has 2 aromatic carbocycles. The van der Waals surface area contributed by atoms with Gasteiger partial charge in [-0.15, -0.1) is 0 Å². The lowest BCUT2D eigenvalue weighted by Crippen LogP contribution is -2.04. The maximum atomic E-state index is 5.83. The van der Waals surface area contributed by atoms with E-state index in [-0.39, 0.29) is 0 Å². The summed E-state index contributed by atoms with van der Waals surface area (Å²) in [6.45, 7) is 7.96. The van der Waals surface area contributed by atoms with Gasteiger partial charge in [0, 0.05) is 6.54 Å². The molecule has 0 aliphatic heterocycles. The summed E-state index contributed by atoms with van der Waals surface area (Å²) in [5.41, 5.74) is 4.95. The molecule has 0 saturated heterocycles. The minimum absolute atomic E-state index is 0.753. The molecule has 0 spiro atoms. The summed E-state index contributed by atoms with van der Waals surface area (Å²) in [4.78, 5) is 0. The summed E-state index contributed by atoms with van der Waals surface area (Å²) in [5.74, 6) is 0.946. The molecule has 0 aliphatic rings. The molecule has 1 N–H and O–H groups in total. The highest BCUT2D eigenvalue weighted by Gasteiger charge is 2.04. The number of hydrogen-bond acceptors (Lipinski definition) is 2. The van der Waals surface area contributed by atoms with Crippen LogP contribution in [-0.4, -0.2) is 6.61 Å². The standard InChI is InChI=1S/C19H25NO/c1-4-12-21-19-13-15(3)6-11-18(19)20-14-17-9-7-16(5-2)8-10-17/h6-11,13,20H,4-5,12,14H2,1-3H3. The van der Waals surface area contributed by atoms with Crippen LogP contribution in [-0.2, 0) is 13.0 Å². The van der Waals surface area contributed by atoms with Gasteiger partial charge in [-0.3, -0.25) is 0 Å². The van der Waals surface area contributed by atoms with E-state index >= 15 is 0 Å². The molecule has 0 radical (unpaired) electrons. The molecule has 2 nitrogen and oxygen atoms in total. The Labute approximate surface area is 128 Å². The van der Waals surface area contributed by atoms with E-state index in [0.29, 0.717) is 0 Å². The van der Waals surface area contributed by atoms with Gasteiger partial charge in [-0.2, -0.15) is 0 Å². The van der Waals surface area contributed by atoms with E-state index in [0.717, 1.165) is 37.4 Å². The molecule has 0 bridgehead atoms. The minimum Gasteiger partial charge on any atom is -0.491 e. The van der Waals surface area contributed by atoms with Gasteiger partial charge in [0.1, 0.15) is 5.75 Å². The van der Waals surface area contributed by atoms with Gasteiger partial charge >= 0.3 is 0 Å². The van der Waals surface area contributed by atoms with E-state index in [1.807, 2.05) is 0 Å². The molecule has 0 aliphatic carbocycles. The SMILES string of the molecule is CCCOc1cc(C)ccc1NCc1ccc(CC)cc1. The molecule has 0 aromatic heterocycles. The smallest absolute Gasteiger partial charge is 0.142 e. The van der Waals surface area contributed by atoms with Crippen molar-refractivity contribution in [2.24, 2.45) is 0 Å². The van der Waals surface area contributed by atoms with Crippen molar-refractivity contribution in [2.45, 2.75) is 40.2 Å². The molecule has 2 rings (SSSR count). The summed E-state index contributed by atoms with van der Waals surface area (Å²) >= 11 is 0. The zero-order chi connectivity index (χ0) is 15.1. The molecule has 2 heteroatoms. The molecule has 21 heavy (non-hydrogen) atoms. The largest absolute Gasteiger partial charge is 0.491 e. The maximum absolute atomic E-state index is 5.83. The van der Waals surface area contributed by atoms with Gasteiger partial charge in [-0.1, -0.05) is 44.2 Å². The number of rotatable bonds is 7. The number of ether oxygens (including phenoxy) is 1. The first-order chi connectivity index (χ1) is 10.2. The Morgan fingerprint density at radius 1 is 0.952 bits per heavy atom. The van der Waals surface area contributed by atoms with Crippen molar-refractivity contribution in [3.05, 3.63) is 59.2 Å². The van der Waals surface area contributed by atoms with Crippen LogP contribution in [0.4, 0.5) is 5.69 Å². The third kappa shape index (κ3) is 4.52. The van der Waals surface area contributed by atoms with Crippen LogP contribution in [0.5, 0.6) is 5.75 Å². The molecule has 0 saturated carbocycles. The first-order valence-electron chi connectivity index (χ1n) is 7.78. The number of hydrogen-bond donors (Lipinski definition) is 1. The fraction of sp³-hybridized carbons (Fsp3) is 0.368. The summed E-state index contributed by atoms with van der Waals surface area (Å²) in [6, 6.07) is 15.1. The second kappa shape index (κ2) is 7.72. The fourth-order valence-corrected chi connectivity index (χ4v) is 2.20. The van der Waals surface area contributed by atoms with E-state index in [4.69, 9.17) is 4.74 Å². The summed E-state index contributed by atoms with van der Waals surface area (Å²) in [6.07, 6.45) is 2.10. The normalized spacial score (nSPS) is 10.4. The van der Waals surface area contributed by atoms with Crippen LogP contribution in [0.3, 0.4) is 0 Å². The van der Waals surface area contributed by atoms with E-state index in [1.54, 1.807) is 0 Å². The minimum atomic E-state index is 0.753. The maximum Gasteiger partial charge on any atom is 0.142 e. The Kier molecular flexibility index (Phi) is 5.68. The second-order valence-corrected chi connectivity index (χ2v) is 5.37. The molecule has 2 aromatic rings. The lowest BCUT2D eigenvalue weighted by Gasteiger charge is -2.14. The lowest BCUT2D eigenvalue weighted by molar-refractivity contribution is 0.318. The average Bonchev–Trinajstić information content (AvgIpc) is 2.52. The van der Waals surface area contributed by atoms with Crippen molar-refractivity contribution in [3.8, 4) is 5.75 Å².